The zero-order chi connectivity index (χ0) is 9.03. The first-order chi connectivity index (χ1) is 5.73. The van der Waals surface area contributed by atoms with Crippen molar-refractivity contribution in [3.63, 3.8) is 0 Å². The summed E-state index contributed by atoms with van der Waals surface area (Å²) >= 11 is 0. The molecule has 0 heterocycles. The molecule has 2 N–H and O–H groups in total. The average molecular weight is 170 g/mol. The van der Waals surface area contributed by atoms with E-state index >= 15 is 0 Å². The molecule has 0 aliphatic heterocycles. The highest BCUT2D eigenvalue weighted by molar-refractivity contribution is 4.94. The molecule has 0 aromatic heterocycles. The lowest BCUT2D eigenvalue weighted by molar-refractivity contribution is -0.0643. The second-order valence-electron chi connectivity index (χ2n) is 3.72. The van der Waals surface area contributed by atoms with E-state index in [4.69, 9.17) is 5.11 Å². The van der Waals surface area contributed by atoms with E-state index in [1.165, 1.54) is 0 Å². The number of aliphatic hydroxyl groups is 2. The lowest BCUT2D eigenvalue weighted by Gasteiger charge is -2.38. The fraction of sp³-hybridized carbons (Fsp3) is 0.800. The van der Waals surface area contributed by atoms with E-state index in [1.807, 2.05) is 0 Å². The van der Waals surface area contributed by atoms with Crippen LogP contribution in [0.4, 0.5) is 0 Å². The van der Waals surface area contributed by atoms with Crippen molar-refractivity contribution in [1.82, 2.24) is 0 Å². The first-order valence-electron chi connectivity index (χ1n) is 4.67. The molecule has 0 bridgehead atoms. The van der Waals surface area contributed by atoms with E-state index < -0.39 is 5.60 Å². The predicted octanol–water partition coefficient (Wildman–Crippen LogP) is 1.48. The van der Waals surface area contributed by atoms with Gasteiger partial charge in [0, 0.05) is 12.5 Å². The third kappa shape index (κ3) is 1.87. The molecule has 1 saturated carbocycles. The highest BCUT2D eigenvalue weighted by atomic mass is 16.3. The van der Waals surface area contributed by atoms with Gasteiger partial charge in [0.15, 0.2) is 0 Å². The Morgan fingerprint density at radius 2 is 2.25 bits per heavy atom. The highest BCUT2D eigenvalue weighted by Gasteiger charge is 2.36. The van der Waals surface area contributed by atoms with Crippen molar-refractivity contribution in [2.24, 2.45) is 5.92 Å². The van der Waals surface area contributed by atoms with Gasteiger partial charge in [-0.25, -0.2) is 0 Å². The van der Waals surface area contributed by atoms with Gasteiger partial charge < -0.3 is 10.2 Å². The maximum atomic E-state index is 10.1. The lowest BCUT2D eigenvalue weighted by atomic mass is 9.74. The zero-order valence-corrected chi connectivity index (χ0v) is 7.50. The molecule has 0 unspecified atom stereocenters. The van der Waals surface area contributed by atoms with Gasteiger partial charge >= 0.3 is 0 Å². The van der Waals surface area contributed by atoms with Crippen molar-refractivity contribution in [2.75, 3.05) is 6.61 Å². The van der Waals surface area contributed by atoms with Gasteiger partial charge in [-0.05, 0) is 19.3 Å². The SMILES string of the molecule is C=CC[C@]1(O)CCCC[C@H]1CO. The summed E-state index contributed by atoms with van der Waals surface area (Å²) < 4.78 is 0. The minimum atomic E-state index is -0.672. The number of hydrogen-bond donors (Lipinski definition) is 2. The van der Waals surface area contributed by atoms with Crippen LogP contribution in [0.2, 0.25) is 0 Å². The van der Waals surface area contributed by atoms with Crippen LogP contribution in [-0.2, 0) is 0 Å². The third-order valence-electron chi connectivity index (χ3n) is 2.89. The van der Waals surface area contributed by atoms with Crippen LogP contribution in [0, 0.1) is 5.92 Å². The molecule has 12 heavy (non-hydrogen) atoms. The van der Waals surface area contributed by atoms with Crippen LogP contribution in [0.5, 0.6) is 0 Å². The monoisotopic (exact) mass is 170 g/mol. The van der Waals surface area contributed by atoms with Crippen LogP contribution in [0.15, 0.2) is 12.7 Å². The van der Waals surface area contributed by atoms with E-state index in [2.05, 4.69) is 6.58 Å². The normalized spacial score (nSPS) is 36.3. The summed E-state index contributed by atoms with van der Waals surface area (Å²) in [5.41, 5.74) is -0.672. The van der Waals surface area contributed by atoms with E-state index in [0.717, 1.165) is 25.7 Å². The van der Waals surface area contributed by atoms with E-state index in [-0.39, 0.29) is 12.5 Å². The standard InChI is InChI=1S/C10H18O2/c1-2-6-10(12)7-4-3-5-9(10)8-11/h2,9,11-12H,1,3-8H2/t9-,10-/m0/s1. The highest BCUT2D eigenvalue weighted by Crippen LogP contribution is 2.36. The van der Waals surface area contributed by atoms with Crippen LogP contribution >= 0.6 is 0 Å². The molecule has 2 nitrogen and oxygen atoms in total. The second kappa shape index (κ2) is 4.06. The summed E-state index contributed by atoms with van der Waals surface area (Å²) in [7, 11) is 0. The summed E-state index contributed by atoms with van der Waals surface area (Å²) in [6.07, 6.45) is 6.31. The van der Waals surface area contributed by atoms with Crippen molar-refractivity contribution in [1.29, 1.82) is 0 Å². The molecular formula is C10H18O2. The minimum Gasteiger partial charge on any atom is -0.396 e. The number of aliphatic hydroxyl groups excluding tert-OH is 1. The second-order valence-corrected chi connectivity index (χ2v) is 3.72. The predicted molar refractivity (Wildman–Crippen MR) is 48.8 cm³/mol. The Balaban J connectivity index is 2.61. The van der Waals surface area contributed by atoms with Gasteiger partial charge in [-0.2, -0.15) is 0 Å². The zero-order valence-electron chi connectivity index (χ0n) is 7.50. The smallest absolute Gasteiger partial charge is 0.0731 e. The average Bonchev–Trinajstić information content (AvgIpc) is 2.05. The summed E-state index contributed by atoms with van der Waals surface area (Å²) in [5, 5.41) is 19.2. The largest absolute Gasteiger partial charge is 0.396 e. The molecule has 70 valence electrons. The molecule has 0 saturated heterocycles. The Kier molecular flexibility index (Phi) is 3.29. The van der Waals surface area contributed by atoms with E-state index in [0.29, 0.717) is 6.42 Å². The maximum absolute atomic E-state index is 10.1. The van der Waals surface area contributed by atoms with Gasteiger partial charge in [0.1, 0.15) is 0 Å². The molecule has 0 spiro atoms. The first kappa shape index (κ1) is 9.75. The summed E-state index contributed by atoms with van der Waals surface area (Å²) in [4.78, 5) is 0. The van der Waals surface area contributed by atoms with Crippen LogP contribution in [0.1, 0.15) is 32.1 Å². The molecule has 1 aliphatic carbocycles. The van der Waals surface area contributed by atoms with Gasteiger partial charge in [0.25, 0.3) is 0 Å². The summed E-state index contributed by atoms with van der Waals surface area (Å²) in [5.74, 6) is 0.0595. The number of rotatable bonds is 3. The molecule has 2 heteroatoms. The summed E-state index contributed by atoms with van der Waals surface area (Å²) in [6, 6.07) is 0. The molecule has 1 aliphatic rings. The molecule has 1 rings (SSSR count). The Bertz CT molecular complexity index is 156. The van der Waals surface area contributed by atoms with Crippen molar-refractivity contribution in [2.45, 2.75) is 37.7 Å². The quantitative estimate of drug-likeness (QED) is 0.630. The third-order valence-corrected chi connectivity index (χ3v) is 2.89. The van der Waals surface area contributed by atoms with Crippen molar-refractivity contribution >= 4 is 0 Å². The molecule has 0 aromatic rings. The molecule has 0 amide bonds. The fourth-order valence-electron chi connectivity index (χ4n) is 2.07. The Morgan fingerprint density at radius 3 is 2.83 bits per heavy atom. The van der Waals surface area contributed by atoms with Gasteiger partial charge in [0.05, 0.1) is 5.60 Å². The molecular weight excluding hydrogens is 152 g/mol. The van der Waals surface area contributed by atoms with Gasteiger partial charge in [-0.3, -0.25) is 0 Å². The van der Waals surface area contributed by atoms with Crippen LogP contribution in [0.3, 0.4) is 0 Å². The van der Waals surface area contributed by atoms with Crippen LogP contribution in [-0.4, -0.2) is 22.4 Å². The van der Waals surface area contributed by atoms with Crippen molar-refractivity contribution < 1.29 is 10.2 Å². The van der Waals surface area contributed by atoms with Gasteiger partial charge in [-0.15, -0.1) is 6.58 Å². The van der Waals surface area contributed by atoms with Crippen LogP contribution < -0.4 is 0 Å². The molecule has 0 radical (unpaired) electrons. The molecule has 1 fully saturated rings. The first-order valence-corrected chi connectivity index (χ1v) is 4.67. The number of hydrogen-bond acceptors (Lipinski definition) is 2. The maximum Gasteiger partial charge on any atom is 0.0731 e. The molecule has 2 atom stereocenters. The Morgan fingerprint density at radius 1 is 1.50 bits per heavy atom. The lowest BCUT2D eigenvalue weighted by Crippen LogP contribution is -2.42. The van der Waals surface area contributed by atoms with Crippen LogP contribution in [0.25, 0.3) is 0 Å². The van der Waals surface area contributed by atoms with E-state index in [9.17, 15) is 5.11 Å². The van der Waals surface area contributed by atoms with Crippen molar-refractivity contribution in [3.8, 4) is 0 Å². The topological polar surface area (TPSA) is 40.5 Å². The fourth-order valence-corrected chi connectivity index (χ4v) is 2.07. The van der Waals surface area contributed by atoms with Crippen molar-refractivity contribution in [3.05, 3.63) is 12.7 Å². The Labute approximate surface area is 73.9 Å². The minimum absolute atomic E-state index is 0.0595. The van der Waals surface area contributed by atoms with Gasteiger partial charge in [0.2, 0.25) is 0 Å². The van der Waals surface area contributed by atoms with Gasteiger partial charge in [-0.1, -0.05) is 18.9 Å². The summed E-state index contributed by atoms with van der Waals surface area (Å²) in [6.45, 7) is 3.73. The Hall–Kier alpha value is -0.340. The van der Waals surface area contributed by atoms with E-state index in [1.54, 1.807) is 6.08 Å². The molecule has 0 aromatic carbocycles.